The smallest absolute Gasteiger partial charge is 0.133 e. The topological polar surface area (TPSA) is 40.5 Å². The Balaban J connectivity index is 2.44. The predicted molar refractivity (Wildman–Crippen MR) is 89.1 cm³/mol. The van der Waals surface area contributed by atoms with Crippen molar-refractivity contribution in [1.82, 2.24) is 0 Å². The molecule has 21 heavy (non-hydrogen) atoms. The Kier molecular flexibility index (Phi) is 4.66. The first-order valence-corrected chi connectivity index (χ1v) is 7.95. The van der Waals surface area contributed by atoms with E-state index < -0.39 is 0 Å². The first-order valence-electron chi connectivity index (χ1n) is 6.38. The van der Waals surface area contributed by atoms with Crippen LogP contribution in [0.2, 0.25) is 10.0 Å². The van der Waals surface area contributed by atoms with Crippen molar-refractivity contribution in [2.75, 3.05) is 0 Å². The summed E-state index contributed by atoms with van der Waals surface area (Å²) in [6.07, 6.45) is 0. The molecule has 0 heterocycles. The van der Waals surface area contributed by atoms with E-state index in [2.05, 4.69) is 0 Å². The molecule has 112 valence electrons. The Bertz CT molecular complexity index is 679. The van der Waals surface area contributed by atoms with Gasteiger partial charge < -0.3 is 10.2 Å². The van der Waals surface area contributed by atoms with E-state index in [4.69, 9.17) is 23.2 Å². The summed E-state index contributed by atoms with van der Waals surface area (Å²) >= 11 is 13.4. The molecule has 0 amide bonds. The van der Waals surface area contributed by atoms with Gasteiger partial charge in [-0.15, -0.1) is 0 Å². The van der Waals surface area contributed by atoms with Crippen LogP contribution >= 0.6 is 35.0 Å². The maximum Gasteiger partial charge on any atom is 0.133 e. The van der Waals surface area contributed by atoms with Crippen LogP contribution in [-0.2, 0) is 5.41 Å². The Labute approximate surface area is 138 Å². The number of hydrogen-bond acceptors (Lipinski definition) is 3. The molecule has 0 unspecified atom stereocenters. The highest BCUT2D eigenvalue weighted by atomic mass is 35.5. The molecule has 0 aromatic heterocycles. The molecule has 0 atom stereocenters. The largest absolute Gasteiger partial charge is 0.508 e. The van der Waals surface area contributed by atoms with E-state index in [0.29, 0.717) is 14.9 Å². The van der Waals surface area contributed by atoms with Crippen molar-refractivity contribution in [2.45, 2.75) is 36.0 Å². The van der Waals surface area contributed by atoms with E-state index >= 15 is 0 Å². The Morgan fingerprint density at radius 1 is 0.905 bits per heavy atom. The van der Waals surface area contributed by atoms with Gasteiger partial charge in [0.1, 0.15) is 11.5 Å². The maximum atomic E-state index is 10.0. The van der Waals surface area contributed by atoms with Gasteiger partial charge in [0.15, 0.2) is 0 Å². The molecule has 2 aromatic carbocycles. The number of benzene rings is 2. The lowest BCUT2D eigenvalue weighted by molar-refractivity contribution is 0.425. The molecule has 5 heteroatoms. The highest BCUT2D eigenvalue weighted by Crippen LogP contribution is 2.43. The average molecular weight is 343 g/mol. The van der Waals surface area contributed by atoms with Crippen LogP contribution in [-0.4, -0.2) is 10.2 Å². The van der Waals surface area contributed by atoms with Crippen LogP contribution < -0.4 is 0 Å². The highest BCUT2D eigenvalue weighted by molar-refractivity contribution is 7.99. The fourth-order valence-electron chi connectivity index (χ4n) is 1.92. The number of aromatic hydroxyl groups is 2. The van der Waals surface area contributed by atoms with Gasteiger partial charge in [-0.3, -0.25) is 0 Å². The van der Waals surface area contributed by atoms with Gasteiger partial charge in [0.2, 0.25) is 0 Å². The van der Waals surface area contributed by atoms with E-state index in [1.54, 1.807) is 24.3 Å². The van der Waals surface area contributed by atoms with E-state index in [9.17, 15) is 10.2 Å². The summed E-state index contributed by atoms with van der Waals surface area (Å²) in [5, 5.41) is 21.1. The fraction of sp³-hybridized carbons (Fsp3) is 0.250. The Morgan fingerprint density at radius 2 is 1.57 bits per heavy atom. The monoisotopic (exact) mass is 342 g/mol. The Morgan fingerprint density at radius 3 is 2.14 bits per heavy atom. The normalized spacial score (nSPS) is 11.7. The van der Waals surface area contributed by atoms with Crippen LogP contribution in [0.3, 0.4) is 0 Å². The van der Waals surface area contributed by atoms with Crippen LogP contribution in [0.5, 0.6) is 11.5 Å². The second-order valence-corrected chi connectivity index (χ2v) is 7.69. The van der Waals surface area contributed by atoms with Gasteiger partial charge in [0, 0.05) is 21.5 Å². The lowest BCUT2D eigenvalue weighted by atomic mass is 9.86. The van der Waals surface area contributed by atoms with Crippen molar-refractivity contribution in [3.63, 3.8) is 0 Å². The van der Waals surface area contributed by atoms with Gasteiger partial charge in [-0.25, -0.2) is 0 Å². The zero-order valence-corrected chi connectivity index (χ0v) is 14.3. The zero-order chi connectivity index (χ0) is 15.8. The fourth-order valence-corrected chi connectivity index (χ4v) is 3.31. The van der Waals surface area contributed by atoms with Crippen molar-refractivity contribution in [1.29, 1.82) is 0 Å². The van der Waals surface area contributed by atoms with Crippen molar-refractivity contribution in [2.24, 2.45) is 0 Å². The predicted octanol–water partition coefficient (Wildman–Crippen LogP) is 5.85. The molecule has 2 aromatic rings. The molecule has 0 spiro atoms. The summed E-state index contributed by atoms with van der Waals surface area (Å²) in [4.78, 5) is 1.43. The van der Waals surface area contributed by atoms with Crippen molar-refractivity contribution in [3.8, 4) is 11.5 Å². The van der Waals surface area contributed by atoms with Crippen molar-refractivity contribution < 1.29 is 10.2 Å². The SMILES string of the molecule is CC(C)(C)c1cc(Sc2ccc(Cl)cc2Cl)c(O)cc1O. The van der Waals surface area contributed by atoms with Gasteiger partial charge in [0.05, 0.1) is 9.92 Å². The number of phenols is 2. The number of rotatable bonds is 2. The van der Waals surface area contributed by atoms with Crippen LogP contribution in [0.4, 0.5) is 0 Å². The molecular weight excluding hydrogens is 327 g/mol. The summed E-state index contributed by atoms with van der Waals surface area (Å²) in [7, 11) is 0. The van der Waals surface area contributed by atoms with Crippen LogP contribution in [0.25, 0.3) is 0 Å². The maximum absolute atomic E-state index is 10.0. The van der Waals surface area contributed by atoms with Crippen molar-refractivity contribution >= 4 is 35.0 Å². The number of hydrogen-bond donors (Lipinski definition) is 2. The first-order chi connectivity index (χ1) is 9.68. The van der Waals surface area contributed by atoms with Gasteiger partial charge in [-0.2, -0.15) is 0 Å². The van der Waals surface area contributed by atoms with E-state index in [0.717, 1.165) is 10.5 Å². The van der Waals surface area contributed by atoms with E-state index in [-0.39, 0.29) is 16.9 Å². The number of phenolic OH excluding ortho intramolecular Hbond substituents is 2. The third-order valence-electron chi connectivity index (χ3n) is 3.00. The lowest BCUT2D eigenvalue weighted by Gasteiger charge is -2.21. The summed E-state index contributed by atoms with van der Waals surface area (Å²) in [6.45, 7) is 6.01. The first kappa shape index (κ1) is 16.3. The highest BCUT2D eigenvalue weighted by Gasteiger charge is 2.21. The summed E-state index contributed by atoms with van der Waals surface area (Å²) in [5.74, 6) is 0.114. The van der Waals surface area contributed by atoms with Crippen LogP contribution in [0, 0.1) is 0 Å². The number of halogens is 2. The van der Waals surface area contributed by atoms with E-state index in [1.807, 2.05) is 20.8 Å². The van der Waals surface area contributed by atoms with Gasteiger partial charge >= 0.3 is 0 Å². The van der Waals surface area contributed by atoms with Gasteiger partial charge in [0.25, 0.3) is 0 Å². The molecule has 0 aliphatic carbocycles. The summed E-state index contributed by atoms with van der Waals surface area (Å²) in [6, 6.07) is 8.37. The minimum Gasteiger partial charge on any atom is -0.508 e. The molecule has 0 bridgehead atoms. The molecule has 2 rings (SSSR count). The molecule has 0 aliphatic rings. The van der Waals surface area contributed by atoms with Crippen molar-refractivity contribution in [3.05, 3.63) is 45.9 Å². The molecule has 2 nitrogen and oxygen atoms in total. The molecule has 0 fully saturated rings. The van der Waals surface area contributed by atoms with E-state index in [1.165, 1.54) is 17.8 Å². The average Bonchev–Trinajstić information content (AvgIpc) is 2.33. The lowest BCUT2D eigenvalue weighted by Crippen LogP contribution is -2.11. The molecule has 0 aliphatic heterocycles. The van der Waals surface area contributed by atoms with Gasteiger partial charge in [-0.05, 0) is 29.7 Å². The van der Waals surface area contributed by atoms with Gasteiger partial charge in [-0.1, -0.05) is 55.7 Å². The third-order valence-corrected chi connectivity index (χ3v) is 4.78. The molecule has 0 saturated heterocycles. The standard InChI is InChI=1S/C16H16Cl2O2S/c1-16(2,3)10-7-15(13(20)8-12(10)19)21-14-5-4-9(17)6-11(14)18/h4-8,19-20H,1-3H3. The minimum atomic E-state index is -0.225. The van der Waals surface area contributed by atoms with Crippen LogP contribution in [0.1, 0.15) is 26.3 Å². The third kappa shape index (κ3) is 3.79. The minimum absolute atomic E-state index is 0.0246. The molecular formula is C16H16Cl2O2S. The molecule has 2 N–H and O–H groups in total. The second kappa shape index (κ2) is 5.99. The second-order valence-electron chi connectivity index (χ2n) is 5.76. The summed E-state index contributed by atoms with van der Waals surface area (Å²) < 4.78 is 0. The molecule has 0 radical (unpaired) electrons. The Hall–Kier alpha value is -1.03. The van der Waals surface area contributed by atoms with Crippen LogP contribution in [0.15, 0.2) is 40.1 Å². The zero-order valence-electron chi connectivity index (χ0n) is 11.9. The summed E-state index contributed by atoms with van der Waals surface area (Å²) in [5.41, 5.74) is 0.546. The quantitative estimate of drug-likeness (QED) is 0.718. The molecule has 0 saturated carbocycles.